The summed E-state index contributed by atoms with van der Waals surface area (Å²) in [5, 5.41) is 24.3. The maximum atomic E-state index is 12.7. The van der Waals surface area contributed by atoms with Crippen molar-refractivity contribution >= 4 is 34.5 Å². The zero-order valence-corrected chi connectivity index (χ0v) is 16.1. The third-order valence-corrected chi connectivity index (χ3v) is 4.92. The second-order valence-electron chi connectivity index (χ2n) is 6.68. The van der Waals surface area contributed by atoms with Gasteiger partial charge in [-0.2, -0.15) is 5.10 Å². The van der Waals surface area contributed by atoms with Gasteiger partial charge in [-0.3, -0.25) is 19.9 Å². The smallest absolute Gasteiger partial charge is 0.261 e. The summed E-state index contributed by atoms with van der Waals surface area (Å²) in [6.07, 6.45) is 1.57. The summed E-state index contributed by atoms with van der Waals surface area (Å²) >= 11 is 0. The van der Waals surface area contributed by atoms with E-state index in [1.165, 1.54) is 13.2 Å². The Bertz CT molecular complexity index is 1170. The molecule has 1 aliphatic rings. The molecule has 0 radical (unpaired) electrons. The molecule has 3 aromatic carbocycles. The Kier molecular flexibility index (Phi) is 5.07. The number of carbonyl (C=O) groups is 2. The molecule has 4 rings (SSSR count). The Labute approximate surface area is 172 Å². The molecule has 0 fully saturated rings. The average molecular weight is 405 g/mol. The Morgan fingerprint density at radius 1 is 1.10 bits per heavy atom. The number of aliphatic hydroxyl groups excluding tert-OH is 1. The lowest BCUT2D eigenvalue weighted by Gasteiger charge is -2.27. The number of nitrogens with zero attached hydrogens (tertiary/aromatic N) is 2. The first kappa shape index (κ1) is 19.4. The van der Waals surface area contributed by atoms with Gasteiger partial charge in [-0.15, -0.1) is 0 Å². The average Bonchev–Trinajstić information content (AvgIpc) is 2.76. The van der Waals surface area contributed by atoms with Crippen LogP contribution in [0.3, 0.4) is 0 Å². The van der Waals surface area contributed by atoms with E-state index >= 15 is 0 Å². The van der Waals surface area contributed by atoms with Crippen LogP contribution in [0.25, 0.3) is 10.8 Å². The zero-order valence-electron chi connectivity index (χ0n) is 16.1. The van der Waals surface area contributed by atoms with Gasteiger partial charge < -0.3 is 14.9 Å². The Balaban J connectivity index is 1.69. The van der Waals surface area contributed by atoms with Crippen molar-refractivity contribution in [3.63, 3.8) is 0 Å². The third-order valence-electron chi connectivity index (χ3n) is 4.92. The highest BCUT2D eigenvalue weighted by atomic mass is 16.5. The van der Waals surface area contributed by atoms with Crippen molar-refractivity contribution in [1.29, 1.82) is 0 Å². The molecule has 8 heteroatoms. The number of amides is 2. The number of rotatable bonds is 6. The predicted molar refractivity (Wildman–Crippen MR) is 112 cm³/mol. The molecule has 0 bridgehead atoms. The number of β-amino-alcohol motifs (C(OH)–C–C–N with tert-alkyl or cyclic N) is 1. The fraction of sp³-hybridized carbons (Fsp3) is 0.136. The molecule has 1 heterocycles. The number of hydrogen-bond donors (Lipinski definition) is 3. The second kappa shape index (κ2) is 7.84. The van der Waals surface area contributed by atoms with Gasteiger partial charge in [0.2, 0.25) is 0 Å². The number of imide groups is 1. The highest BCUT2D eigenvalue weighted by Crippen LogP contribution is 2.34. The summed E-state index contributed by atoms with van der Waals surface area (Å²) in [4.78, 5) is 26.5. The first-order valence-corrected chi connectivity index (χ1v) is 9.24. The van der Waals surface area contributed by atoms with E-state index in [4.69, 9.17) is 4.74 Å². The fourth-order valence-corrected chi connectivity index (χ4v) is 3.50. The number of aliphatic hydroxyl groups is 1. The van der Waals surface area contributed by atoms with Crippen LogP contribution in [0.1, 0.15) is 26.3 Å². The molecule has 0 aromatic heterocycles. The summed E-state index contributed by atoms with van der Waals surface area (Å²) in [7, 11) is 1.47. The second-order valence-corrected chi connectivity index (χ2v) is 6.68. The molecule has 0 aliphatic carbocycles. The van der Waals surface area contributed by atoms with E-state index in [0.717, 1.165) is 4.90 Å². The summed E-state index contributed by atoms with van der Waals surface area (Å²) in [5.41, 5.74) is 5.11. The number of methoxy groups -OCH3 is 1. The van der Waals surface area contributed by atoms with Gasteiger partial charge in [0.15, 0.2) is 11.5 Å². The van der Waals surface area contributed by atoms with Gasteiger partial charge >= 0.3 is 0 Å². The molecule has 2 amide bonds. The van der Waals surface area contributed by atoms with Crippen molar-refractivity contribution in [2.24, 2.45) is 5.10 Å². The first-order chi connectivity index (χ1) is 14.5. The van der Waals surface area contributed by atoms with E-state index < -0.39 is 11.8 Å². The van der Waals surface area contributed by atoms with Gasteiger partial charge in [0.05, 0.1) is 32.2 Å². The fourth-order valence-electron chi connectivity index (χ4n) is 3.50. The van der Waals surface area contributed by atoms with Gasteiger partial charge in [-0.1, -0.05) is 12.1 Å². The molecule has 1 aliphatic heterocycles. The number of carbonyl (C=O) groups excluding carboxylic acids is 2. The van der Waals surface area contributed by atoms with Crippen molar-refractivity contribution in [3.8, 4) is 11.5 Å². The summed E-state index contributed by atoms with van der Waals surface area (Å²) in [6, 6.07) is 13.4. The zero-order chi connectivity index (χ0) is 21.3. The Morgan fingerprint density at radius 2 is 1.87 bits per heavy atom. The van der Waals surface area contributed by atoms with Crippen LogP contribution in [0.15, 0.2) is 53.6 Å². The van der Waals surface area contributed by atoms with Crippen molar-refractivity contribution in [3.05, 3.63) is 65.2 Å². The summed E-state index contributed by atoms with van der Waals surface area (Å²) in [6.45, 7) is -0.340. The number of hydrazone groups is 1. The van der Waals surface area contributed by atoms with E-state index in [2.05, 4.69) is 10.5 Å². The van der Waals surface area contributed by atoms with Crippen LogP contribution in [0.5, 0.6) is 11.5 Å². The van der Waals surface area contributed by atoms with Crippen molar-refractivity contribution in [2.75, 3.05) is 25.7 Å². The van der Waals surface area contributed by atoms with E-state index in [1.807, 2.05) is 6.07 Å². The summed E-state index contributed by atoms with van der Waals surface area (Å²) < 4.78 is 5.08. The predicted octanol–water partition coefficient (Wildman–Crippen LogP) is 2.59. The van der Waals surface area contributed by atoms with E-state index in [-0.39, 0.29) is 18.9 Å². The standard InChI is InChI=1S/C22H19N3O5/c1-30-19-11-13(5-8-18(19)27)12-23-24-17-7-6-16-20-14(17)3-2-4-15(20)21(28)25(9-10-26)22(16)29/h2-8,11-12,24,26-27H,9-10H2,1H3/b23-12+. The van der Waals surface area contributed by atoms with Crippen LogP contribution < -0.4 is 10.2 Å². The van der Waals surface area contributed by atoms with Crippen molar-refractivity contribution in [2.45, 2.75) is 0 Å². The van der Waals surface area contributed by atoms with Gasteiger partial charge in [-0.25, -0.2) is 0 Å². The monoisotopic (exact) mass is 405 g/mol. The van der Waals surface area contributed by atoms with E-state index in [1.54, 1.807) is 42.6 Å². The number of anilines is 1. The largest absolute Gasteiger partial charge is 0.504 e. The molecule has 30 heavy (non-hydrogen) atoms. The van der Waals surface area contributed by atoms with Gasteiger partial charge in [0.25, 0.3) is 11.8 Å². The first-order valence-electron chi connectivity index (χ1n) is 9.24. The maximum Gasteiger partial charge on any atom is 0.261 e. The van der Waals surface area contributed by atoms with Gasteiger partial charge in [0.1, 0.15) is 0 Å². The molecule has 0 atom stereocenters. The van der Waals surface area contributed by atoms with Crippen molar-refractivity contribution < 1.29 is 24.5 Å². The van der Waals surface area contributed by atoms with Crippen LogP contribution in [-0.2, 0) is 0 Å². The lowest BCUT2D eigenvalue weighted by Crippen LogP contribution is -2.41. The van der Waals surface area contributed by atoms with Gasteiger partial charge in [-0.05, 0) is 42.0 Å². The van der Waals surface area contributed by atoms with Crippen LogP contribution in [-0.4, -0.2) is 53.4 Å². The SMILES string of the molecule is COc1cc(/C=N/Nc2ccc3c4c(cccc24)C(=O)N(CCO)C3=O)ccc1O. The number of ether oxygens (including phenoxy) is 1. The van der Waals surface area contributed by atoms with E-state index in [0.29, 0.717) is 38.9 Å². The van der Waals surface area contributed by atoms with Crippen LogP contribution in [0.2, 0.25) is 0 Å². The molecular weight excluding hydrogens is 386 g/mol. The topological polar surface area (TPSA) is 111 Å². The molecule has 8 nitrogen and oxygen atoms in total. The highest BCUT2D eigenvalue weighted by Gasteiger charge is 2.32. The lowest BCUT2D eigenvalue weighted by atomic mass is 9.93. The number of hydrogen-bond acceptors (Lipinski definition) is 7. The normalized spacial score (nSPS) is 13.3. The third kappa shape index (κ3) is 3.23. The Hall–Kier alpha value is -3.91. The quantitative estimate of drug-likeness (QED) is 0.330. The highest BCUT2D eigenvalue weighted by molar-refractivity contribution is 6.26. The van der Waals surface area contributed by atoms with Crippen LogP contribution in [0, 0.1) is 0 Å². The number of benzene rings is 3. The molecule has 3 aromatic rings. The number of phenolic OH excluding ortho intramolecular Hbond substituents is 1. The molecule has 3 N–H and O–H groups in total. The van der Waals surface area contributed by atoms with Crippen molar-refractivity contribution in [1.82, 2.24) is 4.90 Å². The molecular formula is C22H19N3O5. The van der Waals surface area contributed by atoms with Gasteiger partial charge in [0, 0.05) is 21.9 Å². The molecule has 0 saturated carbocycles. The number of nitrogens with one attached hydrogen (secondary N) is 1. The van der Waals surface area contributed by atoms with Crippen LogP contribution >= 0.6 is 0 Å². The summed E-state index contributed by atoms with van der Waals surface area (Å²) in [5.74, 6) is -0.478. The van der Waals surface area contributed by atoms with E-state index in [9.17, 15) is 19.8 Å². The number of phenols is 1. The molecule has 0 unspecified atom stereocenters. The number of aromatic hydroxyl groups is 1. The molecule has 0 saturated heterocycles. The Morgan fingerprint density at radius 3 is 2.60 bits per heavy atom. The molecule has 152 valence electrons. The minimum atomic E-state index is -0.427. The molecule has 0 spiro atoms. The minimum absolute atomic E-state index is 0.0377. The van der Waals surface area contributed by atoms with Crippen LogP contribution in [0.4, 0.5) is 5.69 Å². The lowest BCUT2D eigenvalue weighted by molar-refractivity contribution is 0.0580. The maximum absolute atomic E-state index is 12.7. The minimum Gasteiger partial charge on any atom is -0.504 e.